The highest BCUT2D eigenvalue weighted by molar-refractivity contribution is 5.97. The number of nitrogens with zero attached hydrogens (tertiary/aromatic N) is 2. The topological polar surface area (TPSA) is 131 Å². The number of benzene rings is 2. The Hall–Kier alpha value is -4.27. The van der Waals surface area contributed by atoms with E-state index in [0.29, 0.717) is 0 Å². The Morgan fingerprint density at radius 1 is 1.00 bits per heavy atom. The third-order valence-electron chi connectivity index (χ3n) is 5.15. The molecule has 1 atom stereocenters. The molecular weight excluding hydrogens is 412 g/mol. The lowest BCUT2D eigenvalue weighted by atomic mass is 9.98. The third-order valence-corrected chi connectivity index (χ3v) is 5.15. The highest BCUT2D eigenvalue weighted by Crippen LogP contribution is 2.44. The van der Waals surface area contributed by atoms with Crippen molar-refractivity contribution in [3.8, 4) is 11.1 Å². The molecule has 0 bridgehead atoms. The van der Waals surface area contributed by atoms with Gasteiger partial charge in [0.2, 0.25) is 5.91 Å². The number of carbonyl (C=O) groups is 3. The van der Waals surface area contributed by atoms with E-state index in [4.69, 9.17) is 9.84 Å². The molecule has 1 aliphatic rings. The summed E-state index contributed by atoms with van der Waals surface area (Å²) < 4.78 is 5.40. The molecular formula is C23H20N4O5. The van der Waals surface area contributed by atoms with Gasteiger partial charge in [-0.15, -0.1) is 0 Å². The number of carboxylic acid groups (broad SMARTS) is 1. The second kappa shape index (κ2) is 9.25. The fraction of sp³-hybridized carbons (Fsp3) is 0.174. The molecule has 0 saturated heterocycles. The summed E-state index contributed by atoms with van der Waals surface area (Å²) in [6.07, 6.45) is 2.62. The summed E-state index contributed by atoms with van der Waals surface area (Å²) in [5, 5.41) is 13.9. The quantitative estimate of drug-likeness (QED) is 0.523. The van der Waals surface area contributed by atoms with Gasteiger partial charge in [-0.05, 0) is 22.3 Å². The minimum absolute atomic E-state index is 0.0471. The average molecular weight is 432 g/mol. The highest BCUT2D eigenvalue weighted by Gasteiger charge is 2.30. The van der Waals surface area contributed by atoms with Crippen LogP contribution in [0.2, 0.25) is 0 Å². The van der Waals surface area contributed by atoms with Crippen LogP contribution in [0.1, 0.15) is 23.5 Å². The predicted octanol–water partition coefficient (Wildman–Crippen LogP) is 2.80. The van der Waals surface area contributed by atoms with Crippen LogP contribution in [0.4, 0.5) is 10.6 Å². The molecule has 0 fully saturated rings. The van der Waals surface area contributed by atoms with Crippen molar-refractivity contribution in [3.63, 3.8) is 0 Å². The van der Waals surface area contributed by atoms with Gasteiger partial charge in [0, 0.05) is 18.3 Å². The van der Waals surface area contributed by atoms with Crippen LogP contribution in [0.3, 0.4) is 0 Å². The van der Waals surface area contributed by atoms with Gasteiger partial charge in [-0.3, -0.25) is 14.6 Å². The molecule has 0 spiro atoms. The number of anilines is 1. The van der Waals surface area contributed by atoms with Gasteiger partial charge in [0.05, 0.1) is 12.6 Å². The second-order valence-electron chi connectivity index (χ2n) is 7.20. The van der Waals surface area contributed by atoms with Crippen molar-refractivity contribution < 1.29 is 24.2 Å². The fourth-order valence-electron chi connectivity index (χ4n) is 3.74. The largest absolute Gasteiger partial charge is 0.481 e. The van der Waals surface area contributed by atoms with Crippen LogP contribution in [-0.4, -0.2) is 45.7 Å². The molecule has 162 valence electrons. The van der Waals surface area contributed by atoms with Crippen molar-refractivity contribution in [2.24, 2.45) is 0 Å². The summed E-state index contributed by atoms with van der Waals surface area (Å²) >= 11 is 0. The van der Waals surface area contributed by atoms with Gasteiger partial charge in [0.15, 0.2) is 5.82 Å². The lowest BCUT2D eigenvalue weighted by Gasteiger charge is -2.18. The van der Waals surface area contributed by atoms with Crippen LogP contribution >= 0.6 is 0 Å². The molecule has 9 heteroatoms. The summed E-state index contributed by atoms with van der Waals surface area (Å²) in [7, 11) is 0. The molecule has 0 radical (unpaired) electrons. The zero-order valence-electron chi connectivity index (χ0n) is 16.9. The number of carboxylic acids is 1. The number of nitrogens with one attached hydrogen (secondary N) is 2. The van der Waals surface area contributed by atoms with Crippen molar-refractivity contribution in [3.05, 3.63) is 78.2 Å². The van der Waals surface area contributed by atoms with Crippen LogP contribution < -0.4 is 10.6 Å². The van der Waals surface area contributed by atoms with Crippen molar-refractivity contribution in [2.45, 2.75) is 18.4 Å². The lowest BCUT2D eigenvalue weighted by Crippen LogP contribution is -2.45. The lowest BCUT2D eigenvalue weighted by molar-refractivity contribution is -0.139. The van der Waals surface area contributed by atoms with Gasteiger partial charge < -0.3 is 20.5 Å². The van der Waals surface area contributed by atoms with Crippen molar-refractivity contribution in [1.29, 1.82) is 0 Å². The number of hydrogen-bond acceptors (Lipinski definition) is 6. The van der Waals surface area contributed by atoms with E-state index < -0.39 is 30.4 Å². The number of amides is 2. The van der Waals surface area contributed by atoms with E-state index in [1.165, 1.54) is 18.6 Å². The molecule has 0 aliphatic heterocycles. The first-order chi connectivity index (χ1) is 15.5. The monoisotopic (exact) mass is 432 g/mol. The Bertz CT molecular complexity index is 1110. The smallest absolute Gasteiger partial charge is 0.407 e. The van der Waals surface area contributed by atoms with E-state index in [1.807, 2.05) is 48.5 Å². The first kappa shape index (κ1) is 21.0. The summed E-state index contributed by atoms with van der Waals surface area (Å²) in [5.41, 5.74) is 4.27. The van der Waals surface area contributed by atoms with Gasteiger partial charge in [0.25, 0.3) is 0 Å². The van der Waals surface area contributed by atoms with Crippen LogP contribution in [0.15, 0.2) is 67.1 Å². The first-order valence-electron chi connectivity index (χ1n) is 9.93. The number of rotatable bonds is 7. The van der Waals surface area contributed by atoms with Gasteiger partial charge in [0.1, 0.15) is 12.6 Å². The zero-order chi connectivity index (χ0) is 22.5. The molecule has 4 rings (SSSR count). The first-order valence-corrected chi connectivity index (χ1v) is 9.93. The summed E-state index contributed by atoms with van der Waals surface area (Å²) in [5.74, 6) is -1.99. The Kier molecular flexibility index (Phi) is 6.07. The molecule has 2 aromatic carbocycles. The van der Waals surface area contributed by atoms with Gasteiger partial charge in [-0.2, -0.15) is 0 Å². The number of hydrogen-bond donors (Lipinski definition) is 3. The molecule has 9 nitrogen and oxygen atoms in total. The van der Waals surface area contributed by atoms with E-state index in [9.17, 15) is 14.4 Å². The summed E-state index contributed by atoms with van der Waals surface area (Å²) in [6, 6.07) is 14.4. The number of fused-ring (bicyclic) bond motifs is 3. The minimum atomic E-state index is -1.34. The standard InChI is InChI=1S/C23H20N4O5/c28-21(29)11-19(22(30)27-20-12-24-9-10-25-20)26-23(31)32-13-18-16-7-3-1-5-14(16)15-6-2-4-8-17(15)18/h1-10,12,18-19H,11,13H2,(H,26,31)(H,28,29)(H,25,27,30). The average Bonchev–Trinajstić information content (AvgIpc) is 3.11. The zero-order valence-corrected chi connectivity index (χ0v) is 16.9. The molecule has 32 heavy (non-hydrogen) atoms. The van der Waals surface area contributed by atoms with E-state index in [2.05, 4.69) is 20.6 Å². The SMILES string of the molecule is O=C(O)CC(NC(=O)OCC1c2ccccc2-c2ccccc21)C(=O)Nc1cnccn1. The third kappa shape index (κ3) is 4.56. The van der Waals surface area contributed by atoms with E-state index in [-0.39, 0.29) is 18.3 Å². The molecule has 2 amide bonds. The van der Waals surface area contributed by atoms with Crippen LogP contribution in [0.5, 0.6) is 0 Å². The van der Waals surface area contributed by atoms with Crippen LogP contribution in [-0.2, 0) is 14.3 Å². The van der Waals surface area contributed by atoms with Gasteiger partial charge in [-0.25, -0.2) is 9.78 Å². The Morgan fingerprint density at radius 2 is 1.66 bits per heavy atom. The van der Waals surface area contributed by atoms with Gasteiger partial charge in [-0.1, -0.05) is 48.5 Å². The molecule has 1 aromatic heterocycles. The van der Waals surface area contributed by atoms with Crippen molar-refractivity contribution >= 4 is 23.8 Å². The normalized spacial score (nSPS) is 12.9. The maximum Gasteiger partial charge on any atom is 0.407 e. The molecule has 3 aromatic rings. The predicted molar refractivity (Wildman–Crippen MR) is 115 cm³/mol. The molecule has 1 unspecified atom stereocenters. The summed E-state index contributed by atoms with van der Waals surface area (Å²) in [4.78, 5) is 43.8. The fourth-order valence-corrected chi connectivity index (χ4v) is 3.74. The minimum Gasteiger partial charge on any atom is -0.481 e. The Balaban J connectivity index is 1.42. The number of carbonyl (C=O) groups excluding carboxylic acids is 2. The van der Waals surface area contributed by atoms with E-state index in [0.717, 1.165) is 22.3 Å². The van der Waals surface area contributed by atoms with Crippen LogP contribution in [0, 0.1) is 0 Å². The van der Waals surface area contributed by atoms with Crippen molar-refractivity contribution in [1.82, 2.24) is 15.3 Å². The number of aliphatic carboxylic acids is 1. The summed E-state index contributed by atoms with van der Waals surface area (Å²) in [6.45, 7) is 0.0471. The van der Waals surface area contributed by atoms with Crippen molar-refractivity contribution in [2.75, 3.05) is 11.9 Å². The highest BCUT2D eigenvalue weighted by atomic mass is 16.5. The molecule has 1 aliphatic carbocycles. The molecule has 0 saturated carbocycles. The van der Waals surface area contributed by atoms with E-state index in [1.54, 1.807) is 0 Å². The maximum absolute atomic E-state index is 12.5. The molecule has 3 N–H and O–H groups in total. The number of alkyl carbamates (subject to hydrolysis) is 1. The Labute approximate surface area is 183 Å². The number of aromatic nitrogens is 2. The number of ether oxygens (including phenoxy) is 1. The maximum atomic E-state index is 12.5. The van der Waals surface area contributed by atoms with Gasteiger partial charge >= 0.3 is 12.1 Å². The van der Waals surface area contributed by atoms with Crippen LogP contribution in [0.25, 0.3) is 11.1 Å². The second-order valence-corrected chi connectivity index (χ2v) is 7.20. The van der Waals surface area contributed by atoms with E-state index >= 15 is 0 Å². The Morgan fingerprint density at radius 3 is 2.25 bits per heavy atom. The molecule has 1 heterocycles.